The van der Waals surface area contributed by atoms with Gasteiger partial charge in [0.1, 0.15) is 0 Å². The molecule has 0 atom stereocenters. The van der Waals surface area contributed by atoms with Gasteiger partial charge in [0.2, 0.25) is 0 Å². The Kier molecular flexibility index (Phi) is 38.2. The summed E-state index contributed by atoms with van der Waals surface area (Å²) in [6.45, 7) is 4.98. The van der Waals surface area contributed by atoms with E-state index < -0.39 is 10.4 Å². The predicted octanol–water partition coefficient (Wildman–Crippen LogP) is 11.3. The van der Waals surface area contributed by atoms with Crippen molar-refractivity contribution in [2.75, 3.05) is 13.2 Å². The second-order valence-electron chi connectivity index (χ2n) is 11.5. The molecule has 2 N–H and O–H groups in total. The number of unbranched alkanes of at least 4 members (excludes halogenated alkanes) is 25. The van der Waals surface area contributed by atoms with Crippen LogP contribution in [0.3, 0.4) is 0 Å². The van der Waals surface area contributed by atoms with E-state index in [2.05, 4.69) is 30.2 Å². The standard InChI is InChI=1S/C18H36O.C16H34O4S/c1-2-3-4-5-6-7-8-9-10-11-12-13-14-15-16-17-18-19;1-2-3-4-5-6-7-8-9-10-11-12-13-14-15-16-20-21(17,18)19/h9-10,19H,2-8,11-18H2,1H3;2-16H2,1H3,(H,17,18,19)/b10-9-;. The molecule has 0 aliphatic rings. The molecule has 0 saturated carbocycles. The molecule has 6 heteroatoms. The number of rotatable bonds is 31. The molecule has 0 fully saturated rings. The SMILES string of the molecule is CCCCCCCC/C=C\CCCCCCCCO.CCCCCCCCCCCCCCCCOS(=O)(=O)O. The number of aliphatic hydroxyl groups is 1. The van der Waals surface area contributed by atoms with Crippen molar-refractivity contribution in [3.05, 3.63) is 12.2 Å². The van der Waals surface area contributed by atoms with E-state index in [1.165, 1.54) is 154 Å². The van der Waals surface area contributed by atoms with Crippen LogP contribution >= 0.6 is 0 Å². The number of aliphatic hydroxyl groups excluding tert-OH is 1. The minimum Gasteiger partial charge on any atom is -0.396 e. The summed E-state index contributed by atoms with van der Waals surface area (Å²) in [4.78, 5) is 0. The van der Waals surface area contributed by atoms with Gasteiger partial charge in [0.25, 0.3) is 0 Å². The van der Waals surface area contributed by atoms with E-state index in [9.17, 15) is 8.42 Å². The first kappa shape index (κ1) is 41.7. The zero-order chi connectivity index (χ0) is 29.8. The monoisotopic (exact) mass is 590 g/mol. The molecule has 0 aliphatic carbocycles. The van der Waals surface area contributed by atoms with E-state index in [0.29, 0.717) is 13.0 Å². The maximum absolute atomic E-state index is 10.3. The Morgan fingerprint density at radius 3 is 1.10 bits per heavy atom. The molecule has 0 aromatic heterocycles. The van der Waals surface area contributed by atoms with Gasteiger partial charge >= 0.3 is 10.4 Å². The summed E-state index contributed by atoms with van der Waals surface area (Å²) in [6.07, 6.45) is 40.8. The third kappa shape index (κ3) is 44.6. The highest BCUT2D eigenvalue weighted by Gasteiger charge is 2.02. The Balaban J connectivity index is 0. The average Bonchev–Trinajstić information content (AvgIpc) is 2.93. The van der Waals surface area contributed by atoms with Gasteiger partial charge in [-0.15, -0.1) is 0 Å². The highest BCUT2D eigenvalue weighted by atomic mass is 32.3. The van der Waals surface area contributed by atoms with Gasteiger partial charge in [-0.05, 0) is 38.5 Å². The normalized spacial score (nSPS) is 11.7. The Morgan fingerprint density at radius 1 is 0.475 bits per heavy atom. The lowest BCUT2D eigenvalue weighted by Crippen LogP contribution is -2.04. The molecule has 0 aromatic carbocycles. The van der Waals surface area contributed by atoms with Gasteiger partial charge in [0, 0.05) is 6.61 Å². The summed E-state index contributed by atoms with van der Waals surface area (Å²) < 4.78 is 33.2. The first-order valence-corrected chi connectivity index (χ1v) is 18.7. The van der Waals surface area contributed by atoms with Gasteiger partial charge in [-0.1, -0.05) is 167 Å². The average molecular weight is 591 g/mol. The molecule has 0 saturated heterocycles. The van der Waals surface area contributed by atoms with Crippen molar-refractivity contribution in [2.45, 2.75) is 194 Å². The van der Waals surface area contributed by atoms with Crippen molar-refractivity contribution in [3.8, 4) is 0 Å². The number of allylic oxidation sites excluding steroid dienone is 2. The topological polar surface area (TPSA) is 83.8 Å². The fraction of sp³-hybridized carbons (Fsp3) is 0.941. The van der Waals surface area contributed by atoms with Crippen molar-refractivity contribution >= 4 is 10.4 Å². The van der Waals surface area contributed by atoms with Crippen molar-refractivity contribution < 1.29 is 22.3 Å². The Morgan fingerprint density at radius 2 is 0.775 bits per heavy atom. The molecule has 0 bridgehead atoms. The van der Waals surface area contributed by atoms with Crippen molar-refractivity contribution in [1.29, 1.82) is 0 Å². The molecule has 242 valence electrons. The molecule has 0 radical (unpaired) electrons. The predicted molar refractivity (Wildman–Crippen MR) is 174 cm³/mol. The second kappa shape index (κ2) is 36.6. The lowest BCUT2D eigenvalue weighted by molar-refractivity contribution is 0.261. The van der Waals surface area contributed by atoms with Gasteiger partial charge in [-0.2, -0.15) is 8.42 Å². The first-order valence-electron chi connectivity index (χ1n) is 17.4. The second-order valence-corrected chi connectivity index (χ2v) is 12.6. The smallest absolute Gasteiger partial charge is 0.396 e. The van der Waals surface area contributed by atoms with Crippen LogP contribution in [0.25, 0.3) is 0 Å². The molecule has 0 spiro atoms. The van der Waals surface area contributed by atoms with Crippen LogP contribution in [0.4, 0.5) is 0 Å². The van der Waals surface area contributed by atoms with Crippen LogP contribution in [0.5, 0.6) is 0 Å². The Hall–Kier alpha value is -0.430. The van der Waals surface area contributed by atoms with Crippen LogP contribution in [0, 0.1) is 0 Å². The molecule has 5 nitrogen and oxygen atoms in total. The van der Waals surface area contributed by atoms with Crippen LogP contribution in [0.2, 0.25) is 0 Å². The molecule has 0 heterocycles. The summed E-state index contributed by atoms with van der Waals surface area (Å²) in [5.74, 6) is 0. The molecule has 0 aliphatic heterocycles. The summed E-state index contributed by atoms with van der Waals surface area (Å²) in [6, 6.07) is 0. The quantitative estimate of drug-likeness (QED) is 0.0476. The molecular weight excluding hydrogens is 520 g/mol. The number of hydrogen-bond acceptors (Lipinski definition) is 4. The molecule has 0 rings (SSSR count). The fourth-order valence-electron chi connectivity index (χ4n) is 4.82. The highest BCUT2D eigenvalue weighted by Crippen LogP contribution is 2.13. The lowest BCUT2D eigenvalue weighted by Gasteiger charge is -2.03. The van der Waals surface area contributed by atoms with E-state index in [4.69, 9.17) is 9.66 Å². The van der Waals surface area contributed by atoms with Crippen LogP contribution in [-0.4, -0.2) is 31.3 Å². The van der Waals surface area contributed by atoms with Gasteiger partial charge in [0.15, 0.2) is 0 Å². The van der Waals surface area contributed by atoms with Crippen molar-refractivity contribution in [2.24, 2.45) is 0 Å². The van der Waals surface area contributed by atoms with Crippen LogP contribution in [0.15, 0.2) is 12.2 Å². The van der Waals surface area contributed by atoms with Gasteiger partial charge in [-0.3, -0.25) is 4.55 Å². The van der Waals surface area contributed by atoms with E-state index in [1.54, 1.807) is 0 Å². The van der Waals surface area contributed by atoms with Gasteiger partial charge < -0.3 is 5.11 Å². The maximum Gasteiger partial charge on any atom is 0.397 e. The van der Waals surface area contributed by atoms with Crippen molar-refractivity contribution in [1.82, 2.24) is 0 Å². The zero-order valence-electron chi connectivity index (χ0n) is 26.9. The highest BCUT2D eigenvalue weighted by molar-refractivity contribution is 7.80. The minimum atomic E-state index is -4.24. The molecule has 0 amide bonds. The third-order valence-electron chi connectivity index (χ3n) is 7.40. The van der Waals surface area contributed by atoms with Crippen LogP contribution in [-0.2, 0) is 14.6 Å². The summed E-state index contributed by atoms with van der Waals surface area (Å²) >= 11 is 0. The Labute approximate surface area is 251 Å². The van der Waals surface area contributed by atoms with Gasteiger partial charge in [0.05, 0.1) is 6.61 Å². The van der Waals surface area contributed by atoms with E-state index in [0.717, 1.165) is 19.3 Å². The van der Waals surface area contributed by atoms with E-state index >= 15 is 0 Å². The third-order valence-corrected chi connectivity index (χ3v) is 7.86. The first-order chi connectivity index (χ1) is 19.5. The van der Waals surface area contributed by atoms with Crippen LogP contribution < -0.4 is 0 Å². The largest absolute Gasteiger partial charge is 0.397 e. The van der Waals surface area contributed by atoms with Gasteiger partial charge in [-0.25, -0.2) is 4.18 Å². The fourth-order valence-corrected chi connectivity index (χ4v) is 5.15. The molecule has 0 unspecified atom stereocenters. The van der Waals surface area contributed by atoms with Crippen LogP contribution in [0.1, 0.15) is 194 Å². The Bertz CT molecular complexity index is 577. The molecular formula is C34H70O5S. The number of hydrogen-bond donors (Lipinski definition) is 2. The molecule has 0 aromatic rings. The lowest BCUT2D eigenvalue weighted by atomic mass is 10.0. The van der Waals surface area contributed by atoms with E-state index in [-0.39, 0.29) is 6.61 Å². The maximum atomic E-state index is 10.3. The molecule has 40 heavy (non-hydrogen) atoms. The summed E-state index contributed by atoms with van der Waals surface area (Å²) in [5, 5.41) is 8.66. The summed E-state index contributed by atoms with van der Waals surface area (Å²) in [5.41, 5.74) is 0. The van der Waals surface area contributed by atoms with E-state index in [1.807, 2.05) is 0 Å². The minimum absolute atomic E-state index is 0.0941. The summed E-state index contributed by atoms with van der Waals surface area (Å²) in [7, 11) is -4.24. The van der Waals surface area contributed by atoms with Crippen molar-refractivity contribution in [3.63, 3.8) is 0 Å². The zero-order valence-corrected chi connectivity index (χ0v) is 27.7.